The van der Waals surface area contributed by atoms with E-state index in [1.54, 1.807) is 31.6 Å². The lowest BCUT2D eigenvalue weighted by atomic mass is 9.96. The topological polar surface area (TPSA) is 116 Å². The number of nitrogens with zero attached hydrogens (tertiary/aromatic N) is 4. The van der Waals surface area contributed by atoms with E-state index in [-0.39, 0.29) is 17.9 Å². The number of fused-ring (bicyclic) bond motifs is 1. The van der Waals surface area contributed by atoms with Gasteiger partial charge in [-0.15, -0.1) is 16.9 Å². The fourth-order valence-corrected chi connectivity index (χ4v) is 5.15. The lowest BCUT2D eigenvalue weighted by molar-refractivity contribution is -0.164. The summed E-state index contributed by atoms with van der Waals surface area (Å²) in [5.74, 6) is -0.816. The average molecular weight is 440 g/mol. The zero-order chi connectivity index (χ0) is 22.3. The van der Waals surface area contributed by atoms with Gasteiger partial charge in [-0.25, -0.2) is 9.59 Å². The summed E-state index contributed by atoms with van der Waals surface area (Å²) in [5.41, 5.74) is -0.111. The van der Waals surface area contributed by atoms with Crippen molar-refractivity contribution in [2.45, 2.75) is 88.9 Å². The van der Waals surface area contributed by atoms with E-state index in [0.717, 1.165) is 13.0 Å². The predicted octanol–water partition coefficient (Wildman–Crippen LogP) is 1.69. The fourth-order valence-electron chi connectivity index (χ4n) is 3.53. The molecule has 2 amide bonds. The third-order valence-electron chi connectivity index (χ3n) is 4.74. The molecule has 0 aromatic carbocycles. The van der Waals surface area contributed by atoms with E-state index in [4.69, 9.17) is 9.47 Å². The highest BCUT2D eigenvalue weighted by atomic mass is 32.2. The number of rotatable bonds is 6. The maximum Gasteiger partial charge on any atom is 0.408 e. The van der Waals surface area contributed by atoms with E-state index in [9.17, 15) is 14.4 Å². The summed E-state index contributed by atoms with van der Waals surface area (Å²) in [5, 5.41) is 10.2. The molecule has 3 heterocycles. The van der Waals surface area contributed by atoms with E-state index in [0.29, 0.717) is 5.69 Å². The number of hydrogen-bond acceptors (Lipinski definition) is 8. The molecule has 10 nitrogen and oxygen atoms in total. The van der Waals surface area contributed by atoms with E-state index in [1.165, 1.54) is 16.7 Å². The smallest absolute Gasteiger partial charge is 0.408 e. The highest BCUT2D eigenvalue weighted by Crippen LogP contribution is 2.51. The Morgan fingerprint density at radius 3 is 2.67 bits per heavy atom. The molecule has 30 heavy (non-hydrogen) atoms. The normalized spacial score (nSPS) is 24.8. The Balaban J connectivity index is 1.61. The number of aromatic nitrogens is 3. The number of aryl methyl sites for hydroxylation is 1. The zero-order valence-corrected chi connectivity index (χ0v) is 19.0. The lowest BCUT2D eigenvalue weighted by Gasteiger charge is -2.43. The first-order chi connectivity index (χ1) is 13.9. The van der Waals surface area contributed by atoms with Crippen LogP contribution < -0.4 is 5.32 Å². The average Bonchev–Trinajstić information content (AvgIpc) is 3.16. The molecule has 1 aromatic heterocycles. The van der Waals surface area contributed by atoms with Crippen LogP contribution in [0.15, 0.2) is 6.20 Å². The second-order valence-electron chi connectivity index (χ2n) is 8.96. The molecule has 0 spiro atoms. The van der Waals surface area contributed by atoms with Crippen molar-refractivity contribution in [2.75, 3.05) is 0 Å². The van der Waals surface area contributed by atoms with Gasteiger partial charge < -0.3 is 19.7 Å². The summed E-state index contributed by atoms with van der Waals surface area (Å²) < 4.78 is 11.8. The van der Waals surface area contributed by atoms with Gasteiger partial charge in [0, 0.05) is 11.3 Å². The minimum absolute atomic E-state index is 0.00786. The van der Waals surface area contributed by atoms with Crippen LogP contribution in [0.3, 0.4) is 0 Å². The fraction of sp³-hybridized carbons (Fsp3) is 0.737. The van der Waals surface area contributed by atoms with Gasteiger partial charge in [-0.3, -0.25) is 9.48 Å². The molecule has 1 aromatic rings. The Kier molecular flexibility index (Phi) is 6.03. The largest absolute Gasteiger partial charge is 0.457 e. The lowest BCUT2D eigenvalue weighted by Crippen LogP contribution is -2.70. The molecule has 2 aliphatic rings. The van der Waals surface area contributed by atoms with Gasteiger partial charge in [0.2, 0.25) is 5.91 Å². The first kappa shape index (κ1) is 22.4. The third-order valence-corrected chi connectivity index (χ3v) is 6.31. The van der Waals surface area contributed by atoms with Gasteiger partial charge in [0.15, 0.2) is 0 Å². The molecule has 0 radical (unpaired) electrons. The highest BCUT2D eigenvalue weighted by Gasteiger charge is 2.64. The van der Waals surface area contributed by atoms with E-state index in [1.807, 2.05) is 20.8 Å². The van der Waals surface area contributed by atoms with Crippen LogP contribution in [0.2, 0.25) is 0 Å². The van der Waals surface area contributed by atoms with Crippen molar-refractivity contribution in [2.24, 2.45) is 0 Å². The molecule has 0 unspecified atom stereocenters. The maximum atomic E-state index is 12.8. The Morgan fingerprint density at radius 1 is 1.33 bits per heavy atom. The Hall–Kier alpha value is -2.30. The number of hydrogen-bond donors (Lipinski definition) is 1. The Labute approximate surface area is 180 Å². The van der Waals surface area contributed by atoms with Crippen LogP contribution in [-0.4, -0.2) is 65.7 Å². The van der Waals surface area contributed by atoms with Crippen molar-refractivity contribution in [3.05, 3.63) is 11.9 Å². The molecule has 0 bridgehead atoms. The summed E-state index contributed by atoms with van der Waals surface area (Å²) in [6.45, 7) is 11.8. The molecule has 2 saturated heterocycles. The monoisotopic (exact) mass is 439 g/mol. The molecular weight excluding hydrogens is 410 g/mol. The van der Waals surface area contributed by atoms with Crippen LogP contribution in [0.5, 0.6) is 0 Å². The maximum absolute atomic E-state index is 12.8. The second-order valence-corrected chi connectivity index (χ2v) is 10.7. The van der Waals surface area contributed by atoms with Gasteiger partial charge in [0.1, 0.15) is 35.4 Å². The van der Waals surface area contributed by atoms with Crippen molar-refractivity contribution in [1.29, 1.82) is 0 Å². The summed E-state index contributed by atoms with van der Waals surface area (Å²) in [6, 6.07) is -1.47. The van der Waals surface area contributed by atoms with Gasteiger partial charge in [-0.1, -0.05) is 12.1 Å². The van der Waals surface area contributed by atoms with Gasteiger partial charge >= 0.3 is 12.1 Å². The van der Waals surface area contributed by atoms with E-state index < -0.39 is 34.5 Å². The number of β-lactam (4-membered cyclic amide) rings is 1. The van der Waals surface area contributed by atoms with Crippen LogP contribution in [0.1, 0.15) is 53.7 Å². The highest BCUT2D eigenvalue weighted by molar-refractivity contribution is 8.01. The van der Waals surface area contributed by atoms with Crippen LogP contribution in [0.4, 0.5) is 4.79 Å². The van der Waals surface area contributed by atoms with Gasteiger partial charge in [0.25, 0.3) is 0 Å². The van der Waals surface area contributed by atoms with Crippen molar-refractivity contribution >= 4 is 29.7 Å². The number of thioether (sulfide) groups is 1. The molecule has 0 aliphatic carbocycles. The molecule has 0 saturated carbocycles. The molecule has 1 N–H and O–H groups in total. The molecule has 11 heteroatoms. The molecule has 166 valence electrons. The Morgan fingerprint density at radius 2 is 2.03 bits per heavy atom. The summed E-state index contributed by atoms with van der Waals surface area (Å²) >= 11 is 1.46. The van der Waals surface area contributed by atoms with E-state index in [2.05, 4.69) is 15.6 Å². The number of esters is 1. The number of ether oxygens (including phenoxy) is 2. The van der Waals surface area contributed by atoms with Crippen LogP contribution in [-0.2, 0) is 32.2 Å². The van der Waals surface area contributed by atoms with Crippen LogP contribution >= 0.6 is 11.8 Å². The van der Waals surface area contributed by atoms with Crippen LogP contribution in [0.25, 0.3) is 0 Å². The van der Waals surface area contributed by atoms with Gasteiger partial charge in [-0.05, 0) is 41.0 Å². The third kappa shape index (κ3) is 4.55. The Bertz CT molecular complexity index is 834. The van der Waals surface area contributed by atoms with Crippen LogP contribution in [0, 0.1) is 0 Å². The summed E-state index contributed by atoms with van der Waals surface area (Å²) in [4.78, 5) is 39.1. The minimum Gasteiger partial charge on any atom is -0.457 e. The van der Waals surface area contributed by atoms with Gasteiger partial charge in [0.05, 0.1) is 6.20 Å². The molecular formula is C19H29N5O5S. The quantitative estimate of drug-likeness (QED) is 0.526. The molecule has 3 atom stereocenters. The van der Waals surface area contributed by atoms with Crippen molar-refractivity contribution < 1.29 is 23.9 Å². The molecule has 2 aliphatic heterocycles. The SMILES string of the molecule is CCCn1cc(COC(=O)[C@@H]2N3C(=O)[C@@H](NC(=O)OC(C)(C)C)[C@H]3SC2(C)C)nn1. The van der Waals surface area contributed by atoms with Crippen molar-refractivity contribution in [3.8, 4) is 0 Å². The molecule has 2 fully saturated rings. The number of carbonyl (C=O) groups is 3. The predicted molar refractivity (Wildman–Crippen MR) is 109 cm³/mol. The van der Waals surface area contributed by atoms with Crippen molar-refractivity contribution in [3.63, 3.8) is 0 Å². The summed E-state index contributed by atoms with van der Waals surface area (Å²) in [7, 11) is 0. The zero-order valence-electron chi connectivity index (χ0n) is 18.2. The second kappa shape index (κ2) is 8.09. The number of alkyl carbamates (subject to hydrolysis) is 1. The first-order valence-corrected chi connectivity index (χ1v) is 10.9. The first-order valence-electron chi connectivity index (χ1n) is 9.98. The summed E-state index contributed by atoms with van der Waals surface area (Å²) in [6.07, 6.45) is 2.01. The molecule has 3 rings (SSSR count). The number of carbonyl (C=O) groups excluding carboxylic acids is 3. The van der Waals surface area contributed by atoms with Gasteiger partial charge in [-0.2, -0.15) is 0 Å². The number of nitrogens with one attached hydrogen (secondary N) is 1. The van der Waals surface area contributed by atoms with Crippen molar-refractivity contribution in [1.82, 2.24) is 25.2 Å². The minimum atomic E-state index is -0.748. The number of amides is 2. The standard InChI is InChI=1S/C19H29N5O5S/c1-7-8-23-9-11(21-22-23)10-28-16(26)13-19(5,6)30-15-12(14(25)24(13)15)20-17(27)29-18(2,3)4/h9,12-13,15H,7-8,10H2,1-6H3,(H,20,27)/t12-,13+,15-/m1/s1. The van der Waals surface area contributed by atoms with E-state index >= 15 is 0 Å².